The highest BCUT2D eigenvalue weighted by Crippen LogP contribution is 2.23. The zero-order valence-electron chi connectivity index (χ0n) is 15.7. The summed E-state index contributed by atoms with van der Waals surface area (Å²) in [6.45, 7) is 5.94. The molecule has 0 spiro atoms. The zero-order chi connectivity index (χ0) is 18.2. The van der Waals surface area contributed by atoms with Crippen LogP contribution in [-0.4, -0.2) is 15.0 Å². The SMILES string of the molecule is CCC[C@@H](NCc1nn(CCC)nc1-c1ccccc1)c1ccccc1. The van der Waals surface area contributed by atoms with E-state index < -0.39 is 0 Å². The molecule has 0 unspecified atom stereocenters. The van der Waals surface area contributed by atoms with Gasteiger partial charge in [0, 0.05) is 18.2 Å². The van der Waals surface area contributed by atoms with Crippen molar-refractivity contribution >= 4 is 0 Å². The third-order valence-electron chi connectivity index (χ3n) is 4.49. The van der Waals surface area contributed by atoms with Gasteiger partial charge in [-0.15, -0.1) is 0 Å². The molecule has 136 valence electrons. The molecule has 1 N–H and O–H groups in total. The van der Waals surface area contributed by atoms with E-state index in [1.54, 1.807) is 0 Å². The van der Waals surface area contributed by atoms with Crippen LogP contribution in [0.25, 0.3) is 11.3 Å². The predicted octanol–water partition coefficient (Wildman–Crippen LogP) is 4.99. The van der Waals surface area contributed by atoms with Crippen LogP contribution >= 0.6 is 0 Å². The van der Waals surface area contributed by atoms with Crippen LogP contribution in [0.2, 0.25) is 0 Å². The fourth-order valence-corrected chi connectivity index (χ4v) is 3.20. The Labute approximate surface area is 156 Å². The van der Waals surface area contributed by atoms with Crippen LogP contribution in [-0.2, 0) is 13.1 Å². The minimum Gasteiger partial charge on any atom is -0.304 e. The first-order valence-electron chi connectivity index (χ1n) is 9.59. The van der Waals surface area contributed by atoms with E-state index >= 15 is 0 Å². The van der Waals surface area contributed by atoms with Crippen molar-refractivity contribution in [1.82, 2.24) is 20.3 Å². The molecule has 0 amide bonds. The molecule has 1 aromatic heterocycles. The average Bonchev–Trinajstić information content (AvgIpc) is 3.09. The van der Waals surface area contributed by atoms with E-state index in [0.29, 0.717) is 12.6 Å². The smallest absolute Gasteiger partial charge is 0.117 e. The Morgan fingerprint density at radius 2 is 1.58 bits per heavy atom. The monoisotopic (exact) mass is 348 g/mol. The number of aryl methyl sites for hydroxylation is 1. The van der Waals surface area contributed by atoms with Gasteiger partial charge in [-0.1, -0.05) is 80.9 Å². The number of nitrogens with one attached hydrogen (secondary N) is 1. The Hall–Kier alpha value is -2.46. The molecule has 3 aromatic rings. The summed E-state index contributed by atoms with van der Waals surface area (Å²) in [5.41, 5.74) is 4.45. The van der Waals surface area contributed by atoms with Crippen LogP contribution in [0.1, 0.15) is 50.4 Å². The molecule has 0 saturated carbocycles. The van der Waals surface area contributed by atoms with Crippen LogP contribution in [0.15, 0.2) is 60.7 Å². The Bertz CT molecular complexity index is 780. The van der Waals surface area contributed by atoms with Crippen LogP contribution in [0.4, 0.5) is 0 Å². The van der Waals surface area contributed by atoms with Crippen molar-refractivity contribution in [1.29, 1.82) is 0 Å². The van der Waals surface area contributed by atoms with Gasteiger partial charge in [-0.2, -0.15) is 15.0 Å². The van der Waals surface area contributed by atoms with E-state index in [9.17, 15) is 0 Å². The minimum atomic E-state index is 0.334. The second kappa shape index (κ2) is 9.30. The third kappa shape index (κ3) is 4.58. The average molecular weight is 348 g/mol. The van der Waals surface area contributed by atoms with Crippen molar-refractivity contribution in [2.45, 2.75) is 52.2 Å². The normalized spacial score (nSPS) is 12.2. The van der Waals surface area contributed by atoms with Gasteiger partial charge < -0.3 is 5.32 Å². The van der Waals surface area contributed by atoms with E-state index in [-0.39, 0.29) is 0 Å². The van der Waals surface area contributed by atoms with Crippen molar-refractivity contribution in [3.8, 4) is 11.3 Å². The molecule has 0 saturated heterocycles. The Morgan fingerprint density at radius 3 is 2.23 bits per heavy atom. The molecule has 0 radical (unpaired) electrons. The van der Waals surface area contributed by atoms with Crippen molar-refractivity contribution < 1.29 is 0 Å². The van der Waals surface area contributed by atoms with E-state index in [1.165, 1.54) is 5.56 Å². The molecular formula is C22H28N4. The maximum absolute atomic E-state index is 4.75. The summed E-state index contributed by atoms with van der Waals surface area (Å²) in [5.74, 6) is 0. The molecule has 0 aliphatic heterocycles. The Balaban J connectivity index is 1.81. The van der Waals surface area contributed by atoms with Gasteiger partial charge in [0.15, 0.2) is 0 Å². The molecule has 0 aliphatic rings. The van der Waals surface area contributed by atoms with Gasteiger partial charge in [0.2, 0.25) is 0 Å². The van der Waals surface area contributed by atoms with Gasteiger partial charge in [0.05, 0.1) is 6.54 Å². The number of aromatic nitrogens is 3. The van der Waals surface area contributed by atoms with E-state index in [2.05, 4.69) is 73.8 Å². The quantitative estimate of drug-likeness (QED) is 0.592. The first kappa shape index (κ1) is 18.3. The fraction of sp³-hybridized carbons (Fsp3) is 0.364. The standard InChI is InChI=1S/C22H28N4/c1-3-11-20(18-12-7-5-8-13-18)23-17-21-22(19-14-9-6-10-15-19)25-26(24-21)16-4-2/h5-10,12-15,20,23H,3-4,11,16-17H2,1-2H3/t20-/m1/s1. The molecule has 4 heteroatoms. The highest BCUT2D eigenvalue weighted by atomic mass is 15.5. The van der Waals surface area contributed by atoms with Crippen LogP contribution in [0.3, 0.4) is 0 Å². The Morgan fingerprint density at radius 1 is 0.885 bits per heavy atom. The lowest BCUT2D eigenvalue weighted by Crippen LogP contribution is -2.21. The van der Waals surface area contributed by atoms with E-state index in [4.69, 9.17) is 10.2 Å². The maximum atomic E-state index is 4.75. The molecule has 0 aliphatic carbocycles. The van der Waals surface area contributed by atoms with Gasteiger partial charge in [0.25, 0.3) is 0 Å². The number of hydrogen-bond donors (Lipinski definition) is 1. The van der Waals surface area contributed by atoms with E-state index in [0.717, 1.165) is 42.8 Å². The van der Waals surface area contributed by atoms with Crippen LogP contribution in [0, 0.1) is 0 Å². The number of rotatable bonds is 9. The molecule has 4 nitrogen and oxygen atoms in total. The lowest BCUT2D eigenvalue weighted by Gasteiger charge is -2.18. The van der Waals surface area contributed by atoms with Crippen molar-refractivity contribution in [2.75, 3.05) is 0 Å². The molecule has 3 rings (SSSR count). The summed E-state index contributed by atoms with van der Waals surface area (Å²) in [6, 6.07) is 21.3. The highest BCUT2D eigenvalue weighted by molar-refractivity contribution is 5.60. The summed E-state index contributed by atoms with van der Waals surface area (Å²) in [6.07, 6.45) is 3.27. The maximum Gasteiger partial charge on any atom is 0.117 e. The summed E-state index contributed by atoms with van der Waals surface area (Å²) in [4.78, 5) is 1.83. The van der Waals surface area contributed by atoms with Crippen molar-refractivity contribution in [3.05, 3.63) is 71.9 Å². The van der Waals surface area contributed by atoms with Gasteiger partial charge >= 0.3 is 0 Å². The summed E-state index contributed by atoms with van der Waals surface area (Å²) in [7, 11) is 0. The molecule has 1 heterocycles. The van der Waals surface area contributed by atoms with Gasteiger partial charge in [-0.25, -0.2) is 0 Å². The molecule has 1 atom stereocenters. The molecule has 2 aromatic carbocycles. The lowest BCUT2D eigenvalue weighted by molar-refractivity contribution is 0.480. The predicted molar refractivity (Wildman–Crippen MR) is 107 cm³/mol. The third-order valence-corrected chi connectivity index (χ3v) is 4.49. The zero-order valence-corrected chi connectivity index (χ0v) is 15.7. The van der Waals surface area contributed by atoms with Crippen LogP contribution < -0.4 is 5.32 Å². The summed E-state index contributed by atoms with van der Waals surface area (Å²) >= 11 is 0. The lowest BCUT2D eigenvalue weighted by atomic mass is 10.0. The molecular weight excluding hydrogens is 320 g/mol. The van der Waals surface area contributed by atoms with Crippen molar-refractivity contribution in [3.63, 3.8) is 0 Å². The first-order chi connectivity index (χ1) is 12.8. The first-order valence-corrected chi connectivity index (χ1v) is 9.59. The second-order valence-electron chi connectivity index (χ2n) is 6.59. The summed E-state index contributed by atoms with van der Waals surface area (Å²) in [5, 5.41) is 13.2. The van der Waals surface area contributed by atoms with Gasteiger partial charge in [-0.3, -0.25) is 0 Å². The van der Waals surface area contributed by atoms with Crippen LogP contribution in [0.5, 0.6) is 0 Å². The van der Waals surface area contributed by atoms with Crippen molar-refractivity contribution in [2.24, 2.45) is 0 Å². The number of nitrogens with zero attached hydrogens (tertiary/aromatic N) is 3. The van der Waals surface area contributed by atoms with Gasteiger partial charge in [-0.05, 0) is 18.4 Å². The topological polar surface area (TPSA) is 42.7 Å². The molecule has 26 heavy (non-hydrogen) atoms. The second-order valence-corrected chi connectivity index (χ2v) is 6.59. The fourth-order valence-electron chi connectivity index (χ4n) is 3.20. The molecule has 0 bridgehead atoms. The number of benzene rings is 2. The Kier molecular flexibility index (Phi) is 6.56. The highest BCUT2D eigenvalue weighted by Gasteiger charge is 2.16. The largest absolute Gasteiger partial charge is 0.304 e. The number of hydrogen-bond acceptors (Lipinski definition) is 3. The van der Waals surface area contributed by atoms with Gasteiger partial charge in [0.1, 0.15) is 11.4 Å². The minimum absolute atomic E-state index is 0.334. The molecule has 0 fully saturated rings. The summed E-state index contributed by atoms with van der Waals surface area (Å²) < 4.78 is 0. The van der Waals surface area contributed by atoms with E-state index in [1.807, 2.05) is 10.9 Å².